The molecule has 1 aliphatic rings. The van der Waals surface area contributed by atoms with Crippen LogP contribution in [0.15, 0.2) is 62.7 Å². The molecular formula is C23H26N4O6S2. The van der Waals surface area contributed by atoms with Crippen molar-refractivity contribution in [3.8, 4) is 0 Å². The monoisotopic (exact) mass is 518 g/mol. The number of hydrogen-bond donors (Lipinski definition) is 1. The number of amides is 1. The van der Waals surface area contributed by atoms with E-state index < -0.39 is 25.8 Å². The molecule has 0 unspecified atom stereocenters. The lowest BCUT2D eigenvalue weighted by Crippen LogP contribution is -2.37. The first-order chi connectivity index (χ1) is 16.5. The number of anilines is 1. The molecule has 35 heavy (non-hydrogen) atoms. The fourth-order valence-electron chi connectivity index (χ4n) is 3.73. The minimum absolute atomic E-state index is 0.100. The van der Waals surface area contributed by atoms with Crippen LogP contribution in [0.25, 0.3) is 0 Å². The lowest BCUT2D eigenvalue weighted by Gasteiger charge is -2.29. The Labute approximate surface area is 204 Å². The van der Waals surface area contributed by atoms with E-state index in [1.807, 2.05) is 0 Å². The number of carbonyl (C=O) groups is 1. The van der Waals surface area contributed by atoms with E-state index in [0.29, 0.717) is 19.0 Å². The second-order valence-electron chi connectivity index (χ2n) is 8.66. The average molecular weight is 519 g/mol. The molecule has 1 N–H and O–H groups in total. The molecule has 0 bridgehead atoms. The Morgan fingerprint density at radius 2 is 1.57 bits per heavy atom. The first-order valence-electron chi connectivity index (χ1n) is 11.1. The van der Waals surface area contributed by atoms with Crippen LogP contribution < -0.4 is 5.32 Å². The summed E-state index contributed by atoms with van der Waals surface area (Å²) in [6.45, 7) is 3.10. The summed E-state index contributed by atoms with van der Waals surface area (Å²) in [5.41, 5.74) is 1.01. The summed E-state index contributed by atoms with van der Waals surface area (Å²) in [6, 6.07) is 11.9. The zero-order valence-electron chi connectivity index (χ0n) is 19.3. The van der Waals surface area contributed by atoms with E-state index in [2.05, 4.69) is 22.4 Å². The normalized spacial score (nSPS) is 15.7. The second kappa shape index (κ2) is 9.88. The van der Waals surface area contributed by atoms with Gasteiger partial charge in [-0.15, -0.1) is 5.10 Å². The van der Waals surface area contributed by atoms with Gasteiger partial charge in [-0.25, -0.2) is 16.8 Å². The fraction of sp³-hybridized carbons (Fsp3) is 0.348. The van der Waals surface area contributed by atoms with Crippen molar-refractivity contribution in [1.29, 1.82) is 0 Å². The van der Waals surface area contributed by atoms with Gasteiger partial charge >= 0.3 is 6.01 Å². The molecular weight excluding hydrogens is 492 g/mol. The molecule has 4 rings (SSSR count). The highest BCUT2D eigenvalue weighted by Crippen LogP contribution is 2.24. The van der Waals surface area contributed by atoms with Gasteiger partial charge in [0.2, 0.25) is 15.9 Å². The molecule has 186 valence electrons. The third kappa shape index (κ3) is 5.95. The van der Waals surface area contributed by atoms with Crippen molar-refractivity contribution < 1.29 is 26.0 Å². The van der Waals surface area contributed by atoms with Gasteiger partial charge in [0.25, 0.3) is 5.91 Å². The second-order valence-corrected chi connectivity index (χ2v) is 12.6. The highest BCUT2D eigenvalue weighted by molar-refractivity contribution is 7.90. The molecule has 1 fully saturated rings. The Hall–Kier alpha value is -3.09. The molecule has 0 aliphatic carbocycles. The third-order valence-electron chi connectivity index (χ3n) is 5.89. The van der Waals surface area contributed by atoms with Crippen LogP contribution in [0.3, 0.4) is 0 Å². The van der Waals surface area contributed by atoms with Gasteiger partial charge in [-0.3, -0.25) is 10.1 Å². The van der Waals surface area contributed by atoms with E-state index in [0.717, 1.165) is 24.7 Å². The quantitative estimate of drug-likeness (QED) is 0.504. The topological polar surface area (TPSA) is 140 Å². The summed E-state index contributed by atoms with van der Waals surface area (Å²) in [4.78, 5) is 12.9. The van der Waals surface area contributed by atoms with Crippen LogP contribution in [-0.2, 0) is 26.3 Å². The van der Waals surface area contributed by atoms with E-state index in [4.69, 9.17) is 4.42 Å². The Bertz CT molecular complexity index is 1410. The molecule has 2 aromatic carbocycles. The van der Waals surface area contributed by atoms with Gasteiger partial charge in [0, 0.05) is 24.9 Å². The van der Waals surface area contributed by atoms with Crippen LogP contribution in [0.2, 0.25) is 0 Å². The number of benzene rings is 2. The van der Waals surface area contributed by atoms with Crippen LogP contribution in [-0.4, -0.2) is 56.6 Å². The summed E-state index contributed by atoms with van der Waals surface area (Å²) < 4.78 is 55.8. The predicted molar refractivity (Wildman–Crippen MR) is 128 cm³/mol. The summed E-state index contributed by atoms with van der Waals surface area (Å²) >= 11 is 0. The van der Waals surface area contributed by atoms with Crippen molar-refractivity contribution in [3.63, 3.8) is 0 Å². The van der Waals surface area contributed by atoms with Crippen molar-refractivity contribution in [2.45, 2.75) is 36.0 Å². The van der Waals surface area contributed by atoms with Crippen LogP contribution in [0.1, 0.15) is 41.6 Å². The largest absolute Gasteiger partial charge is 0.407 e. The van der Waals surface area contributed by atoms with Crippen molar-refractivity contribution >= 4 is 31.8 Å². The van der Waals surface area contributed by atoms with Crippen molar-refractivity contribution in [1.82, 2.24) is 14.5 Å². The first-order valence-corrected chi connectivity index (χ1v) is 14.4. The number of sulfone groups is 1. The van der Waals surface area contributed by atoms with Crippen molar-refractivity contribution in [2.75, 3.05) is 24.7 Å². The fourth-order valence-corrected chi connectivity index (χ4v) is 5.83. The number of piperidine rings is 1. The number of aromatic nitrogens is 2. The molecule has 0 spiro atoms. The number of carbonyl (C=O) groups excluding carboxylic acids is 1. The van der Waals surface area contributed by atoms with Gasteiger partial charge in [0.1, 0.15) is 0 Å². The van der Waals surface area contributed by atoms with Gasteiger partial charge < -0.3 is 4.42 Å². The van der Waals surface area contributed by atoms with E-state index in [9.17, 15) is 21.6 Å². The lowest BCUT2D eigenvalue weighted by atomic mass is 10.0. The SMILES string of the molecule is CC1CCN(S(=O)(=O)c2ccc(C(=O)Nc3nnc(Cc4ccc(S(C)(=O)=O)cc4)o3)cc2)CC1. The molecule has 2 heterocycles. The van der Waals surface area contributed by atoms with E-state index in [-0.39, 0.29) is 33.7 Å². The van der Waals surface area contributed by atoms with Crippen LogP contribution in [0.4, 0.5) is 6.01 Å². The summed E-state index contributed by atoms with van der Waals surface area (Å²) in [6.07, 6.45) is 3.06. The van der Waals surface area contributed by atoms with E-state index >= 15 is 0 Å². The summed E-state index contributed by atoms with van der Waals surface area (Å²) in [5.74, 6) is 0.233. The number of nitrogens with one attached hydrogen (secondary N) is 1. The third-order valence-corrected chi connectivity index (χ3v) is 8.93. The number of rotatable bonds is 7. The number of hydrogen-bond acceptors (Lipinski definition) is 8. The van der Waals surface area contributed by atoms with Crippen molar-refractivity contribution in [2.24, 2.45) is 5.92 Å². The van der Waals surface area contributed by atoms with Crippen LogP contribution >= 0.6 is 0 Å². The first kappa shape index (κ1) is 25.0. The Morgan fingerprint density at radius 1 is 0.971 bits per heavy atom. The van der Waals surface area contributed by atoms with Gasteiger partial charge in [0.05, 0.1) is 16.2 Å². The van der Waals surface area contributed by atoms with Crippen molar-refractivity contribution in [3.05, 3.63) is 65.5 Å². The van der Waals surface area contributed by atoms with E-state index in [1.54, 1.807) is 12.1 Å². The smallest absolute Gasteiger partial charge is 0.322 e. The van der Waals surface area contributed by atoms with Gasteiger partial charge in [-0.05, 0) is 60.7 Å². The maximum absolute atomic E-state index is 12.8. The number of sulfonamides is 1. The summed E-state index contributed by atoms with van der Waals surface area (Å²) in [7, 11) is -6.88. The molecule has 12 heteroatoms. The molecule has 1 saturated heterocycles. The Morgan fingerprint density at radius 3 is 2.17 bits per heavy atom. The highest BCUT2D eigenvalue weighted by Gasteiger charge is 2.28. The van der Waals surface area contributed by atoms with Crippen LogP contribution in [0, 0.1) is 5.92 Å². The maximum Gasteiger partial charge on any atom is 0.322 e. The predicted octanol–water partition coefficient (Wildman–Crippen LogP) is 2.74. The zero-order valence-corrected chi connectivity index (χ0v) is 21.0. The molecule has 1 amide bonds. The number of nitrogens with zero attached hydrogens (tertiary/aromatic N) is 3. The average Bonchev–Trinajstić information content (AvgIpc) is 3.25. The molecule has 0 saturated carbocycles. The minimum Gasteiger partial charge on any atom is -0.407 e. The van der Waals surface area contributed by atoms with Gasteiger partial charge in [-0.1, -0.05) is 24.2 Å². The maximum atomic E-state index is 12.8. The zero-order chi connectivity index (χ0) is 25.2. The molecule has 3 aromatic rings. The van der Waals surface area contributed by atoms with Crippen LogP contribution in [0.5, 0.6) is 0 Å². The molecule has 1 aliphatic heterocycles. The standard InChI is InChI=1S/C23H26N4O6S2/c1-16-11-13-27(14-12-16)35(31,32)20-9-5-18(6-10-20)22(28)24-23-26-25-21(33-23)15-17-3-7-19(8-4-17)34(2,29)30/h3-10,16H,11-15H2,1-2H3,(H,24,26,28). The minimum atomic E-state index is -3.60. The summed E-state index contributed by atoms with van der Waals surface area (Å²) in [5, 5.41) is 10.2. The molecule has 0 radical (unpaired) electrons. The molecule has 1 aromatic heterocycles. The van der Waals surface area contributed by atoms with Gasteiger partial charge in [0.15, 0.2) is 9.84 Å². The Kier molecular flexibility index (Phi) is 7.06. The molecule has 10 nitrogen and oxygen atoms in total. The molecule has 0 atom stereocenters. The Balaban J connectivity index is 1.38. The lowest BCUT2D eigenvalue weighted by molar-refractivity contribution is 0.102. The van der Waals surface area contributed by atoms with E-state index in [1.165, 1.54) is 40.7 Å². The van der Waals surface area contributed by atoms with Gasteiger partial charge in [-0.2, -0.15) is 4.31 Å². The highest BCUT2D eigenvalue weighted by atomic mass is 32.2.